The molecule has 1 heterocycles. The van der Waals surface area contributed by atoms with Crippen LogP contribution in [-0.4, -0.2) is 30.5 Å². The van der Waals surface area contributed by atoms with E-state index >= 15 is 0 Å². The van der Waals surface area contributed by atoms with Crippen LogP contribution in [0, 0.1) is 5.82 Å². The molecular weight excluding hydrogens is 275 g/mol. The summed E-state index contributed by atoms with van der Waals surface area (Å²) in [5.41, 5.74) is 0. The summed E-state index contributed by atoms with van der Waals surface area (Å²) in [6, 6.07) is 0.437. The first-order valence-corrected chi connectivity index (χ1v) is 7.14. The number of sulfonamides is 1. The summed E-state index contributed by atoms with van der Waals surface area (Å²) >= 11 is 0. The van der Waals surface area contributed by atoms with Gasteiger partial charge < -0.3 is 5.11 Å². The topological polar surface area (TPSA) is 96.4 Å². The van der Waals surface area contributed by atoms with Crippen LogP contribution in [0.15, 0.2) is 23.4 Å². The number of rotatable bonds is 7. The maximum absolute atomic E-state index is 12.9. The fourth-order valence-corrected chi connectivity index (χ4v) is 2.74. The second kappa shape index (κ2) is 6.58. The highest BCUT2D eigenvalue weighted by Crippen LogP contribution is 2.10. The number of nitrogens with zero attached hydrogens (tertiary/aromatic N) is 1. The number of carbonyl (C=O) groups is 1. The molecule has 8 heteroatoms. The van der Waals surface area contributed by atoms with Gasteiger partial charge in [-0.1, -0.05) is 0 Å². The zero-order chi connectivity index (χ0) is 14.5. The minimum atomic E-state index is -3.83. The Morgan fingerprint density at radius 2 is 2.21 bits per heavy atom. The highest BCUT2D eigenvalue weighted by Gasteiger charge is 2.18. The second-order valence-corrected chi connectivity index (χ2v) is 5.86. The van der Waals surface area contributed by atoms with Crippen molar-refractivity contribution in [3.05, 3.63) is 24.3 Å². The first-order chi connectivity index (χ1) is 8.81. The second-order valence-electron chi connectivity index (χ2n) is 4.15. The van der Waals surface area contributed by atoms with Gasteiger partial charge in [0.2, 0.25) is 10.0 Å². The molecule has 0 aliphatic rings. The van der Waals surface area contributed by atoms with E-state index in [0.717, 1.165) is 18.5 Å². The molecule has 106 valence electrons. The molecule has 1 rings (SSSR count). The lowest BCUT2D eigenvalue weighted by Crippen LogP contribution is -2.32. The van der Waals surface area contributed by atoms with Crippen molar-refractivity contribution in [3.63, 3.8) is 0 Å². The number of carboxylic acid groups (broad SMARTS) is 1. The largest absolute Gasteiger partial charge is 0.481 e. The molecule has 1 unspecified atom stereocenters. The average molecular weight is 290 g/mol. The van der Waals surface area contributed by atoms with Crippen LogP contribution in [0.4, 0.5) is 4.39 Å². The summed E-state index contributed by atoms with van der Waals surface area (Å²) in [4.78, 5) is 13.6. The third-order valence-electron chi connectivity index (χ3n) is 2.37. The number of pyridine rings is 1. The lowest BCUT2D eigenvalue weighted by Gasteiger charge is -2.13. The third-order valence-corrected chi connectivity index (χ3v) is 3.93. The average Bonchev–Trinajstić information content (AvgIpc) is 2.27. The Morgan fingerprint density at radius 3 is 2.79 bits per heavy atom. The van der Waals surface area contributed by atoms with Crippen molar-refractivity contribution in [2.24, 2.45) is 0 Å². The predicted octanol–water partition coefficient (Wildman–Crippen LogP) is 1.14. The molecule has 19 heavy (non-hydrogen) atoms. The minimum Gasteiger partial charge on any atom is -0.481 e. The molecule has 0 spiro atoms. The van der Waals surface area contributed by atoms with Gasteiger partial charge in [0, 0.05) is 18.7 Å². The Kier molecular flexibility index (Phi) is 5.37. The van der Waals surface area contributed by atoms with E-state index in [9.17, 15) is 17.6 Å². The molecule has 1 atom stereocenters. The van der Waals surface area contributed by atoms with Gasteiger partial charge in [-0.3, -0.25) is 9.78 Å². The van der Waals surface area contributed by atoms with Crippen molar-refractivity contribution in [1.29, 1.82) is 0 Å². The van der Waals surface area contributed by atoms with Gasteiger partial charge in [-0.05, 0) is 25.8 Å². The molecule has 0 aliphatic carbocycles. The molecule has 0 aromatic carbocycles. The molecule has 1 aromatic heterocycles. The fourth-order valence-electron chi connectivity index (χ4n) is 1.49. The van der Waals surface area contributed by atoms with E-state index in [0.29, 0.717) is 12.8 Å². The van der Waals surface area contributed by atoms with Crippen molar-refractivity contribution < 1.29 is 22.7 Å². The summed E-state index contributed by atoms with van der Waals surface area (Å²) in [5.74, 6) is -1.66. The first kappa shape index (κ1) is 15.5. The number of hydrogen-bond donors (Lipinski definition) is 2. The van der Waals surface area contributed by atoms with Gasteiger partial charge in [0.15, 0.2) is 0 Å². The van der Waals surface area contributed by atoms with Crippen LogP contribution in [-0.2, 0) is 14.8 Å². The maximum Gasteiger partial charge on any atom is 0.303 e. The lowest BCUT2D eigenvalue weighted by molar-refractivity contribution is -0.137. The van der Waals surface area contributed by atoms with Gasteiger partial charge in [-0.25, -0.2) is 17.5 Å². The van der Waals surface area contributed by atoms with E-state index in [1.54, 1.807) is 6.92 Å². The molecule has 0 fully saturated rings. The van der Waals surface area contributed by atoms with E-state index < -0.39 is 27.9 Å². The predicted molar refractivity (Wildman–Crippen MR) is 65.5 cm³/mol. The van der Waals surface area contributed by atoms with Crippen LogP contribution in [0.2, 0.25) is 0 Å². The number of halogens is 1. The number of carboxylic acids is 1. The minimum absolute atomic E-state index is 0.0202. The van der Waals surface area contributed by atoms with Crippen molar-refractivity contribution in [2.75, 3.05) is 0 Å². The van der Waals surface area contributed by atoms with Crippen LogP contribution in [0.25, 0.3) is 0 Å². The van der Waals surface area contributed by atoms with Crippen molar-refractivity contribution in [1.82, 2.24) is 9.71 Å². The Hall–Kier alpha value is -1.54. The van der Waals surface area contributed by atoms with Crippen LogP contribution in [0.1, 0.15) is 26.2 Å². The van der Waals surface area contributed by atoms with Crippen LogP contribution < -0.4 is 4.72 Å². The smallest absolute Gasteiger partial charge is 0.303 e. The summed E-state index contributed by atoms with van der Waals surface area (Å²) < 4.78 is 39.0. The van der Waals surface area contributed by atoms with E-state index in [1.165, 1.54) is 0 Å². The normalized spacial score (nSPS) is 13.2. The molecule has 0 aliphatic heterocycles. The standard InChI is InChI=1S/C11H15FN2O4S/c1-8(3-2-4-11(15)16)14-19(17,18)10-5-9(12)6-13-7-10/h5-8,14H,2-4H2,1H3,(H,15,16). The Bertz CT molecular complexity index is 547. The van der Waals surface area contributed by atoms with Gasteiger partial charge in [-0.15, -0.1) is 0 Å². The van der Waals surface area contributed by atoms with Crippen LogP contribution >= 0.6 is 0 Å². The fraction of sp³-hybridized carbons (Fsp3) is 0.455. The zero-order valence-electron chi connectivity index (χ0n) is 10.3. The highest BCUT2D eigenvalue weighted by molar-refractivity contribution is 7.89. The summed E-state index contributed by atoms with van der Waals surface area (Å²) in [7, 11) is -3.83. The van der Waals surface area contributed by atoms with E-state index in [4.69, 9.17) is 5.11 Å². The molecule has 0 saturated heterocycles. The van der Waals surface area contributed by atoms with Crippen LogP contribution in [0.3, 0.4) is 0 Å². The van der Waals surface area contributed by atoms with E-state index in [1.807, 2.05) is 0 Å². The first-order valence-electron chi connectivity index (χ1n) is 5.66. The van der Waals surface area contributed by atoms with Crippen molar-refractivity contribution >= 4 is 16.0 Å². The molecule has 6 nitrogen and oxygen atoms in total. The maximum atomic E-state index is 12.9. The number of aromatic nitrogens is 1. The molecule has 0 bridgehead atoms. The van der Waals surface area contributed by atoms with Gasteiger partial charge in [0.05, 0.1) is 6.20 Å². The molecular formula is C11H15FN2O4S. The lowest BCUT2D eigenvalue weighted by atomic mass is 10.1. The number of nitrogens with one attached hydrogen (secondary N) is 1. The van der Waals surface area contributed by atoms with Gasteiger partial charge in [-0.2, -0.15) is 0 Å². The van der Waals surface area contributed by atoms with Crippen molar-refractivity contribution in [3.8, 4) is 0 Å². The highest BCUT2D eigenvalue weighted by atomic mass is 32.2. The summed E-state index contributed by atoms with van der Waals surface area (Å²) in [5, 5.41) is 8.48. The third kappa shape index (κ3) is 5.31. The van der Waals surface area contributed by atoms with Gasteiger partial charge in [0.25, 0.3) is 0 Å². The monoisotopic (exact) mass is 290 g/mol. The van der Waals surface area contributed by atoms with Gasteiger partial charge >= 0.3 is 5.97 Å². The molecule has 0 saturated carbocycles. The molecule has 0 radical (unpaired) electrons. The Labute approximate surface area is 110 Å². The quantitative estimate of drug-likeness (QED) is 0.785. The van der Waals surface area contributed by atoms with E-state index in [2.05, 4.69) is 9.71 Å². The summed E-state index contributed by atoms with van der Waals surface area (Å²) in [6.45, 7) is 1.62. The number of aliphatic carboxylic acids is 1. The van der Waals surface area contributed by atoms with Gasteiger partial charge in [0.1, 0.15) is 10.7 Å². The Balaban J connectivity index is 2.62. The Morgan fingerprint density at radius 1 is 1.53 bits per heavy atom. The SMILES string of the molecule is CC(CCCC(=O)O)NS(=O)(=O)c1cncc(F)c1. The van der Waals surface area contributed by atoms with E-state index in [-0.39, 0.29) is 11.3 Å². The van der Waals surface area contributed by atoms with Crippen molar-refractivity contribution in [2.45, 2.75) is 37.1 Å². The molecule has 0 amide bonds. The summed E-state index contributed by atoms with van der Waals surface area (Å²) in [6.07, 6.45) is 2.69. The number of hydrogen-bond acceptors (Lipinski definition) is 4. The molecule has 1 aromatic rings. The zero-order valence-corrected chi connectivity index (χ0v) is 11.2. The molecule has 2 N–H and O–H groups in total. The van der Waals surface area contributed by atoms with Crippen LogP contribution in [0.5, 0.6) is 0 Å².